The Kier molecular flexibility index (Phi) is 5.22. The summed E-state index contributed by atoms with van der Waals surface area (Å²) in [5, 5.41) is 6.68. The quantitative estimate of drug-likeness (QED) is 0.475. The average Bonchev–Trinajstić information content (AvgIpc) is 3.38. The van der Waals surface area contributed by atoms with E-state index >= 15 is 0 Å². The van der Waals surface area contributed by atoms with Gasteiger partial charge in [-0.2, -0.15) is 0 Å². The highest BCUT2D eigenvalue weighted by Gasteiger charge is 2.17. The van der Waals surface area contributed by atoms with Crippen LogP contribution in [0.4, 0.5) is 0 Å². The van der Waals surface area contributed by atoms with Gasteiger partial charge in [-0.3, -0.25) is 4.79 Å². The molecule has 0 atom stereocenters. The van der Waals surface area contributed by atoms with E-state index in [1.165, 1.54) is 0 Å². The van der Waals surface area contributed by atoms with Gasteiger partial charge < -0.3 is 23.7 Å². The van der Waals surface area contributed by atoms with E-state index in [0.717, 1.165) is 15.8 Å². The summed E-state index contributed by atoms with van der Waals surface area (Å²) in [6, 6.07) is 10.7. The number of imidazole rings is 1. The molecule has 0 unspecified atom stereocenters. The molecule has 0 bridgehead atoms. The van der Waals surface area contributed by atoms with Crippen LogP contribution in [-0.4, -0.2) is 34.7 Å². The zero-order valence-electron chi connectivity index (χ0n) is 15.7. The van der Waals surface area contributed by atoms with E-state index < -0.39 is 0 Å². The molecule has 0 aliphatic heterocycles. The van der Waals surface area contributed by atoms with Crippen LogP contribution < -0.4 is 14.8 Å². The molecule has 0 fully saturated rings. The van der Waals surface area contributed by atoms with Gasteiger partial charge in [-0.05, 0) is 46.3 Å². The first-order valence-electron chi connectivity index (χ1n) is 8.68. The molecule has 0 aliphatic carbocycles. The molecule has 8 nitrogen and oxygen atoms in total. The molecule has 0 saturated heterocycles. The van der Waals surface area contributed by atoms with E-state index in [4.69, 9.17) is 14.0 Å². The first-order valence-corrected chi connectivity index (χ1v) is 9.47. The van der Waals surface area contributed by atoms with Crippen molar-refractivity contribution in [3.05, 3.63) is 64.7 Å². The lowest BCUT2D eigenvalue weighted by Crippen LogP contribution is -2.23. The molecular weight excluding hydrogens is 440 g/mol. The van der Waals surface area contributed by atoms with Crippen LogP contribution in [0, 0.1) is 0 Å². The normalized spacial score (nSPS) is 10.9. The van der Waals surface area contributed by atoms with Gasteiger partial charge in [0.2, 0.25) is 0 Å². The maximum atomic E-state index is 12.5. The van der Waals surface area contributed by atoms with Crippen molar-refractivity contribution < 1.29 is 18.8 Å². The average molecular weight is 457 g/mol. The number of amides is 1. The van der Waals surface area contributed by atoms with Crippen LogP contribution in [0.2, 0.25) is 0 Å². The van der Waals surface area contributed by atoms with Gasteiger partial charge in [0.25, 0.3) is 5.91 Å². The molecule has 3 heterocycles. The van der Waals surface area contributed by atoms with Crippen molar-refractivity contribution in [2.45, 2.75) is 6.54 Å². The zero-order chi connectivity index (χ0) is 20.4. The summed E-state index contributed by atoms with van der Waals surface area (Å²) in [6.07, 6.45) is 3.76. The van der Waals surface area contributed by atoms with Gasteiger partial charge in [-0.15, -0.1) is 0 Å². The van der Waals surface area contributed by atoms with Crippen LogP contribution in [-0.2, 0) is 6.54 Å². The summed E-state index contributed by atoms with van der Waals surface area (Å²) < 4.78 is 18.8. The molecule has 0 spiro atoms. The third kappa shape index (κ3) is 3.95. The fourth-order valence-corrected chi connectivity index (χ4v) is 3.23. The van der Waals surface area contributed by atoms with E-state index in [1.54, 1.807) is 38.5 Å². The minimum atomic E-state index is -0.361. The molecule has 0 radical (unpaired) electrons. The Bertz CT molecular complexity index is 1180. The largest absolute Gasteiger partial charge is 0.497 e. The monoisotopic (exact) mass is 456 g/mol. The number of methoxy groups -OCH3 is 2. The summed E-state index contributed by atoms with van der Waals surface area (Å²) in [7, 11) is 3.13. The number of carbonyl (C=O) groups is 1. The van der Waals surface area contributed by atoms with Crippen LogP contribution in [0.15, 0.2) is 57.8 Å². The number of halogens is 1. The Balaban J connectivity index is 1.49. The van der Waals surface area contributed by atoms with Crippen LogP contribution in [0.1, 0.15) is 16.2 Å². The van der Waals surface area contributed by atoms with E-state index in [0.29, 0.717) is 22.8 Å². The van der Waals surface area contributed by atoms with Crippen molar-refractivity contribution in [1.29, 1.82) is 0 Å². The highest BCUT2D eigenvalue weighted by atomic mass is 79.9. The molecule has 29 heavy (non-hydrogen) atoms. The fraction of sp³-hybridized carbons (Fsp3) is 0.150. The molecule has 1 N–H and O–H groups in total. The van der Waals surface area contributed by atoms with Crippen LogP contribution in [0.25, 0.3) is 17.0 Å². The van der Waals surface area contributed by atoms with Gasteiger partial charge in [-0.25, -0.2) is 4.98 Å². The number of nitrogens with zero attached hydrogens (tertiary/aromatic N) is 3. The smallest absolute Gasteiger partial charge is 0.273 e. The summed E-state index contributed by atoms with van der Waals surface area (Å²) in [5.74, 6) is 1.27. The lowest BCUT2D eigenvalue weighted by atomic mass is 10.1. The van der Waals surface area contributed by atoms with E-state index in [2.05, 4.69) is 31.4 Å². The van der Waals surface area contributed by atoms with Gasteiger partial charge in [0, 0.05) is 22.9 Å². The number of pyridine rings is 1. The van der Waals surface area contributed by atoms with Crippen molar-refractivity contribution in [2.75, 3.05) is 14.2 Å². The number of carbonyl (C=O) groups excluding carboxylic acids is 1. The highest BCUT2D eigenvalue weighted by molar-refractivity contribution is 9.10. The molecule has 9 heteroatoms. The van der Waals surface area contributed by atoms with Gasteiger partial charge in [0.15, 0.2) is 11.5 Å². The maximum Gasteiger partial charge on any atom is 0.273 e. The lowest BCUT2D eigenvalue weighted by molar-refractivity contribution is 0.0941. The molecular formula is C20H17BrN4O4. The summed E-state index contributed by atoms with van der Waals surface area (Å²) in [5.41, 5.74) is 2.33. The number of aromatic nitrogens is 3. The fourth-order valence-electron chi connectivity index (χ4n) is 2.88. The summed E-state index contributed by atoms with van der Waals surface area (Å²) in [4.78, 5) is 16.9. The summed E-state index contributed by atoms with van der Waals surface area (Å²) >= 11 is 3.42. The van der Waals surface area contributed by atoms with Crippen LogP contribution in [0.5, 0.6) is 11.5 Å². The third-order valence-corrected chi connectivity index (χ3v) is 4.78. The highest BCUT2D eigenvalue weighted by Crippen LogP contribution is 2.33. The van der Waals surface area contributed by atoms with E-state index in [9.17, 15) is 4.79 Å². The second-order valence-corrected chi connectivity index (χ2v) is 7.09. The third-order valence-electron chi connectivity index (χ3n) is 4.31. The number of fused-ring (bicyclic) bond motifs is 1. The van der Waals surface area contributed by atoms with Gasteiger partial charge >= 0.3 is 0 Å². The number of benzene rings is 1. The Hall–Kier alpha value is -3.33. The number of ether oxygens (including phenoxy) is 2. The Labute approximate surface area is 174 Å². The molecule has 0 aliphatic rings. The first kappa shape index (κ1) is 19.0. The molecule has 0 saturated carbocycles. The molecule has 1 aromatic carbocycles. The lowest BCUT2D eigenvalue weighted by Gasteiger charge is -2.07. The Morgan fingerprint density at radius 1 is 1.17 bits per heavy atom. The second kappa shape index (κ2) is 7.96. The van der Waals surface area contributed by atoms with Crippen LogP contribution >= 0.6 is 15.9 Å². The van der Waals surface area contributed by atoms with Gasteiger partial charge in [0.1, 0.15) is 17.1 Å². The number of hydrogen-bond donors (Lipinski definition) is 1. The number of nitrogens with one attached hydrogen (secondary N) is 1. The predicted molar refractivity (Wildman–Crippen MR) is 109 cm³/mol. The van der Waals surface area contributed by atoms with Crippen molar-refractivity contribution in [3.63, 3.8) is 0 Å². The van der Waals surface area contributed by atoms with Crippen molar-refractivity contribution in [1.82, 2.24) is 19.9 Å². The SMILES string of the molecule is COc1ccc(OC)c(-c2cc(C(=O)NCc3cn4cc(Br)ccc4n3)no2)c1. The predicted octanol–water partition coefficient (Wildman–Crippen LogP) is 3.70. The van der Waals surface area contributed by atoms with Crippen molar-refractivity contribution in [2.24, 2.45) is 0 Å². The molecule has 1 amide bonds. The van der Waals surface area contributed by atoms with E-state index in [1.807, 2.05) is 28.9 Å². The molecule has 4 rings (SSSR count). The Morgan fingerprint density at radius 3 is 2.83 bits per heavy atom. The Morgan fingerprint density at radius 2 is 2.03 bits per heavy atom. The first-order chi connectivity index (χ1) is 14.1. The molecule has 4 aromatic rings. The van der Waals surface area contributed by atoms with Crippen LogP contribution in [0.3, 0.4) is 0 Å². The topological polar surface area (TPSA) is 90.9 Å². The van der Waals surface area contributed by atoms with E-state index in [-0.39, 0.29) is 18.1 Å². The summed E-state index contributed by atoms with van der Waals surface area (Å²) in [6.45, 7) is 0.267. The molecule has 3 aromatic heterocycles. The maximum absolute atomic E-state index is 12.5. The van der Waals surface area contributed by atoms with Crippen molar-refractivity contribution >= 4 is 27.5 Å². The standard InChI is InChI=1S/C20H17BrN4O4/c1-27-14-4-5-17(28-2)15(7-14)18-8-16(24-29-18)20(26)22-9-13-11-25-10-12(21)3-6-19(25)23-13/h3-8,10-11H,9H2,1-2H3,(H,22,26). The minimum Gasteiger partial charge on any atom is -0.497 e. The van der Waals surface area contributed by atoms with Gasteiger partial charge in [0.05, 0.1) is 32.0 Å². The molecule has 148 valence electrons. The number of hydrogen-bond acceptors (Lipinski definition) is 6. The number of rotatable bonds is 6. The zero-order valence-corrected chi connectivity index (χ0v) is 17.3. The second-order valence-electron chi connectivity index (χ2n) is 6.17. The van der Waals surface area contributed by atoms with Crippen molar-refractivity contribution in [3.8, 4) is 22.8 Å². The minimum absolute atomic E-state index is 0.163. The van der Waals surface area contributed by atoms with Gasteiger partial charge in [-0.1, -0.05) is 5.16 Å².